The van der Waals surface area contributed by atoms with E-state index in [0.29, 0.717) is 0 Å². The maximum atomic E-state index is 11.6. The first kappa shape index (κ1) is 14.8. The summed E-state index contributed by atoms with van der Waals surface area (Å²) in [6.07, 6.45) is 0. The first-order valence-electron chi connectivity index (χ1n) is 4.99. The van der Waals surface area contributed by atoms with E-state index in [0.717, 1.165) is 0 Å². The third-order valence-electron chi connectivity index (χ3n) is 1.75. The van der Waals surface area contributed by atoms with Crippen molar-refractivity contribution in [3.8, 4) is 0 Å². The third-order valence-corrected chi connectivity index (χ3v) is 3.24. The number of nitrogens with one attached hydrogen (secondary N) is 2. The molecule has 0 fully saturated rings. The van der Waals surface area contributed by atoms with Crippen molar-refractivity contribution in [1.29, 1.82) is 0 Å². The predicted octanol–water partition coefficient (Wildman–Crippen LogP) is 0.226. The molecular formula is C9H22N2O3S. The number of aliphatic hydroxyl groups excluding tert-OH is 1. The molecular weight excluding hydrogens is 216 g/mol. The fraction of sp³-hybridized carbons (Fsp3) is 1.00. The predicted molar refractivity (Wildman–Crippen MR) is 60.7 cm³/mol. The summed E-state index contributed by atoms with van der Waals surface area (Å²) >= 11 is 0. The second-order valence-corrected chi connectivity index (χ2v) is 6.45. The molecule has 0 unspecified atom stereocenters. The quantitative estimate of drug-likeness (QED) is 0.641. The van der Waals surface area contributed by atoms with Crippen LogP contribution >= 0.6 is 0 Å². The molecule has 3 N–H and O–H groups in total. The SMILES string of the molecule is CC(C)[C@@H](CO)NS(=O)(=O)NC(C)(C)C. The van der Waals surface area contributed by atoms with Crippen molar-refractivity contribution in [1.82, 2.24) is 9.44 Å². The Bertz CT molecular complexity index is 280. The summed E-state index contributed by atoms with van der Waals surface area (Å²) in [6.45, 7) is 8.77. The van der Waals surface area contributed by atoms with Crippen LogP contribution < -0.4 is 9.44 Å². The molecule has 0 aliphatic carbocycles. The smallest absolute Gasteiger partial charge is 0.277 e. The lowest BCUT2D eigenvalue weighted by Crippen LogP contribution is -2.52. The third kappa shape index (κ3) is 6.83. The first-order chi connectivity index (χ1) is 6.57. The molecule has 0 saturated carbocycles. The molecule has 0 aliphatic heterocycles. The zero-order chi connectivity index (χ0) is 12.3. The molecule has 1 atom stereocenters. The Balaban J connectivity index is 4.50. The monoisotopic (exact) mass is 238 g/mol. The van der Waals surface area contributed by atoms with Crippen LogP contribution in [0, 0.1) is 5.92 Å². The molecule has 92 valence electrons. The van der Waals surface area contributed by atoms with Crippen molar-refractivity contribution in [3.63, 3.8) is 0 Å². The molecule has 0 saturated heterocycles. The molecule has 0 aromatic rings. The van der Waals surface area contributed by atoms with Crippen LogP contribution in [0.2, 0.25) is 0 Å². The van der Waals surface area contributed by atoms with E-state index < -0.39 is 21.8 Å². The number of aliphatic hydroxyl groups is 1. The minimum Gasteiger partial charge on any atom is -0.395 e. The van der Waals surface area contributed by atoms with Gasteiger partial charge in [0.25, 0.3) is 10.2 Å². The van der Waals surface area contributed by atoms with Crippen LogP contribution in [0.4, 0.5) is 0 Å². The minimum absolute atomic E-state index is 0.0477. The maximum Gasteiger partial charge on any atom is 0.277 e. The molecule has 15 heavy (non-hydrogen) atoms. The van der Waals surface area contributed by atoms with Crippen molar-refractivity contribution in [2.24, 2.45) is 5.92 Å². The van der Waals surface area contributed by atoms with Gasteiger partial charge in [-0.2, -0.15) is 17.9 Å². The van der Waals surface area contributed by atoms with Gasteiger partial charge in [-0.3, -0.25) is 0 Å². The van der Waals surface area contributed by atoms with Gasteiger partial charge in [0, 0.05) is 11.6 Å². The Kier molecular flexibility index (Phi) is 5.19. The summed E-state index contributed by atoms with van der Waals surface area (Å²) < 4.78 is 28.0. The average Bonchev–Trinajstić information content (AvgIpc) is 1.94. The van der Waals surface area contributed by atoms with E-state index >= 15 is 0 Å². The molecule has 5 nitrogen and oxygen atoms in total. The molecule has 0 bridgehead atoms. The Morgan fingerprint density at radius 1 is 1.27 bits per heavy atom. The fourth-order valence-corrected chi connectivity index (χ4v) is 2.63. The Morgan fingerprint density at radius 2 is 1.73 bits per heavy atom. The minimum atomic E-state index is -3.56. The van der Waals surface area contributed by atoms with Gasteiger partial charge >= 0.3 is 0 Å². The largest absolute Gasteiger partial charge is 0.395 e. The zero-order valence-electron chi connectivity index (χ0n) is 10.0. The van der Waals surface area contributed by atoms with E-state index in [9.17, 15) is 8.42 Å². The van der Waals surface area contributed by atoms with Gasteiger partial charge in [0.1, 0.15) is 0 Å². The summed E-state index contributed by atoms with van der Waals surface area (Å²) in [7, 11) is -3.56. The number of rotatable bonds is 5. The lowest BCUT2D eigenvalue weighted by atomic mass is 10.1. The zero-order valence-corrected chi connectivity index (χ0v) is 10.9. The lowest BCUT2D eigenvalue weighted by molar-refractivity contribution is 0.227. The summed E-state index contributed by atoms with van der Waals surface area (Å²) in [5.74, 6) is 0.0477. The van der Waals surface area contributed by atoms with Crippen LogP contribution in [0.1, 0.15) is 34.6 Å². The van der Waals surface area contributed by atoms with E-state index in [-0.39, 0.29) is 12.5 Å². The van der Waals surface area contributed by atoms with Crippen LogP contribution in [0.5, 0.6) is 0 Å². The number of hydrogen-bond donors (Lipinski definition) is 3. The molecule has 0 rings (SSSR count). The highest BCUT2D eigenvalue weighted by atomic mass is 32.2. The van der Waals surface area contributed by atoms with Crippen molar-refractivity contribution < 1.29 is 13.5 Å². The van der Waals surface area contributed by atoms with Crippen molar-refractivity contribution in [2.75, 3.05) is 6.61 Å². The van der Waals surface area contributed by atoms with E-state index in [1.165, 1.54) is 0 Å². The highest BCUT2D eigenvalue weighted by Crippen LogP contribution is 2.05. The van der Waals surface area contributed by atoms with E-state index in [1.807, 2.05) is 13.8 Å². The second kappa shape index (κ2) is 5.25. The molecule has 0 aliphatic rings. The van der Waals surface area contributed by atoms with Gasteiger partial charge in [-0.1, -0.05) is 13.8 Å². The van der Waals surface area contributed by atoms with Crippen LogP contribution in [0.3, 0.4) is 0 Å². The molecule has 0 aromatic heterocycles. The standard InChI is InChI=1S/C9H22N2O3S/c1-7(2)8(6-12)10-15(13,14)11-9(3,4)5/h7-8,10-12H,6H2,1-5H3/t8-/m1/s1. The van der Waals surface area contributed by atoms with Gasteiger partial charge in [-0.25, -0.2) is 0 Å². The number of hydrogen-bond acceptors (Lipinski definition) is 3. The molecule has 0 heterocycles. The van der Waals surface area contributed by atoms with E-state index in [1.54, 1.807) is 20.8 Å². The summed E-state index contributed by atoms with van der Waals surface area (Å²) in [6, 6.07) is -0.454. The highest BCUT2D eigenvalue weighted by molar-refractivity contribution is 7.87. The van der Waals surface area contributed by atoms with Crippen LogP contribution in [-0.4, -0.2) is 31.7 Å². The Morgan fingerprint density at radius 3 is 2.00 bits per heavy atom. The second-order valence-electron chi connectivity index (χ2n) is 5.01. The molecule has 0 aromatic carbocycles. The highest BCUT2D eigenvalue weighted by Gasteiger charge is 2.24. The molecule has 6 heteroatoms. The summed E-state index contributed by atoms with van der Waals surface area (Å²) in [5.41, 5.74) is -0.525. The van der Waals surface area contributed by atoms with Gasteiger partial charge in [0.05, 0.1) is 6.61 Å². The van der Waals surface area contributed by atoms with Crippen molar-refractivity contribution >= 4 is 10.2 Å². The lowest BCUT2D eigenvalue weighted by Gasteiger charge is -2.25. The normalized spacial score (nSPS) is 15.7. The van der Waals surface area contributed by atoms with Crippen molar-refractivity contribution in [2.45, 2.75) is 46.2 Å². The first-order valence-corrected chi connectivity index (χ1v) is 6.48. The topological polar surface area (TPSA) is 78.4 Å². The van der Waals surface area contributed by atoms with E-state index in [4.69, 9.17) is 5.11 Å². The average molecular weight is 238 g/mol. The Hall–Kier alpha value is -0.170. The van der Waals surface area contributed by atoms with Gasteiger partial charge in [0.15, 0.2) is 0 Å². The van der Waals surface area contributed by atoms with E-state index in [2.05, 4.69) is 9.44 Å². The van der Waals surface area contributed by atoms with Gasteiger partial charge in [-0.05, 0) is 26.7 Å². The van der Waals surface area contributed by atoms with Crippen LogP contribution in [-0.2, 0) is 10.2 Å². The van der Waals surface area contributed by atoms with Crippen LogP contribution in [0.25, 0.3) is 0 Å². The van der Waals surface area contributed by atoms with Crippen molar-refractivity contribution in [3.05, 3.63) is 0 Å². The summed E-state index contributed by atoms with van der Waals surface area (Å²) in [4.78, 5) is 0. The van der Waals surface area contributed by atoms with Gasteiger partial charge < -0.3 is 5.11 Å². The maximum absolute atomic E-state index is 11.6. The molecule has 0 amide bonds. The van der Waals surface area contributed by atoms with Crippen LogP contribution in [0.15, 0.2) is 0 Å². The van der Waals surface area contributed by atoms with Gasteiger partial charge in [0.2, 0.25) is 0 Å². The molecule has 0 radical (unpaired) electrons. The van der Waals surface area contributed by atoms with Gasteiger partial charge in [-0.15, -0.1) is 0 Å². The fourth-order valence-electron chi connectivity index (χ4n) is 1.02. The Labute approximate surface area is 92.4 Å². The summed E-state index contributed by atoms with van der Waals surface area (Å²) in [5, 5.41) is 9.00. The molecule has 0 spiro atoms.